The van der Waals surface area contributed by atoms with Gasteiger partial charge in [0.05, 0.1) is 6.54 Å². The molecule has 0 aromatic carbocycles. The molecule has 0 aliphatic carbocycles. The van der Waals surface area contributed by atoms with E-state index in [1.807, 2.05) is 0 Å². The number of likely N-dealkylation sites (N-methyl/N-ethyl adjacent to an activating group) is 1. The maximum Gasteiger partial charge on any atom is 0.188 e. The molecule has 130 valence electrons. The molecular weight excluding hydrogens is 274 g/mol. The van der Waals surface area contributed by atoms with Crippen LogP contribution in [0.3, 0.4) is 0 Å². The van der Waals surface area contributed by atoms with Gasteiger partial charge in [-0.1, -0.05) is 6.92 Å². The van der Waals surface area contributed by atoms with Crippen LogP contribution < -0.4 is 11.1 Å². The van der Waals surface area contributed by atoms with Gasteiger partial charge in [0.2, 0.25) is 0 Å². The molecule has 0 aromatic rings. The topological polar surface area (TPSA) is 56.9 Å². The molecule has 1 saturated heterocycles. The highest BCUT2D eigenvalue weighted by molar-refractivity contribution is 5.77. The predicted molar refractivity (Wildman–Crippen MR) is 96.4 cm³/mol. The number of nitrogens with two attached hydrogens (primary N) is 1. The lowest BCUT2D eigenvalue weighted by Gasteiger charge is -2.30. The van der Waals surface area contributed by atoms with Crippen LogP contribution in [0.25, 0.3) is 0 Å². The van der Waals surface area contributed by atoms with E-state index in [0.717, 1.165) is 32.6 Å². The van der Waals surface area contributed by atoms with Crippen LogP contribution in [0.5, 0.6) is 0 Å². The molecule has 0 radical (unpaired) electrons. The highest BCUT2D eigenvalue weighted by Crippen LogP contribution is 2.16. The molecule has 1 aliphatic rings. The number of hydrogen-bond donors (Lipinski definition) is 2. The first-order valence-corrected chi connectivity index (χ1v) is 8.99. The first kappa shape index (κ1) is 19.2. The van der Waals surface area contributed by atoms with Gasteiger partial charge in [-0.15, -0.1) is 0 Å². The van der Waals surface area contributed by atoms with E-state index in [9.17, 15) is 0 Å². The summed E-state index contributed by atoms with van der Waals surface area (Å²) in [6, 6.07) is 1.77. The normalized spacial score (nSPS) is 20.5. The molecule has 22 heavy (non-hydrogen) atoms. The fraction of sp³-hybridized carbons (Fsp3) is 0.941. The van der Waals surface area contributed by atoms with Crippen molar-refractivity contribution in [3.05, 3.63) is 0 Å². The molecule has 5 heteroatoms. The van der Waals surface area contributed by atoms with Crippen molar-refractivity contribution in [2.45, 2.75) is 72.0 Å². The van der Waals surface area contributed by atoms with Gasteiger partial charge in [-0.2, -0.15) is 0 Å². The summed E-state index contributed by atoms with van der Waals surface area (Å²) in [6.07, 6.45) is 3.64. The maximum atomic E-state index is 5.98. The Hall–Kier alpha value is -0.810. The van der Waals surface area contributed by atoms with E-state index >= 15 is 0 Å². The van der Waals surface area contributed by atoms with Crippen LogP contribution >= 0.6 is 0 Å². The molecule has 1 atom stereocenters. The Morgan fingerprint density at radius 1 is 1.32 bits per heavy atom. The Kier molecular flexibility index (Phi) is 8.79. The highest BCUT2D eigenvalue weighted by atomic mass is 15.2. The molecular formula is C17H37N5. The van der Waals surface area contributed by atoms with Crippen LogP contribution in [-0.4, -0.2) is 66.6 Å². The fourth-order valence-electron chi connectivity index (χ4n) is 3.37. The molecule has 0 saturated carbocycles. The smallest absolute Gasteiger partial charge is 0.188 e. The van der Waals surface area contributed by atoms with Gasteiger partial charge >= 0.3 is 0 Å². The van der Waals surface area contributed by atoms with Crippen LogP contribution in [0.15, 0.2) is 4.99 Å². The zero-order valence-electron chi connectivity index (χ0n) is 15.3. The first-order chi connectivity index (χ1) is 10.5. The molecule has 1 rings (SSSR count). The van der Waals surface area contributed by atoms with Gasteiger partial charge in [-0.05, 0) is 60.0 Å². The highest BCUT2D eigenvalue weighted by Gasteiger charge is 2.22. The predicted octanol–water partition coefficient (Wildman–Crippen LogP) is 1.88. The van der Waals surface area contributed by atoms with E-state index in [-0.39, 0.29) is 0 Å². The summed E-state index contributed by atoms with van der Waals surface area (Å²) in [5.74, 6) is 0.601. The molecule has 0 bridgehead atoms. The van der Waals surface area contributed by atoms with E-state index in [1.54, 1.807) is 0 Å². The van der Waals surface area contributed by atoms with Gasteiger partial charge in [0.15, 0.2) is 5.96 Å². The van der Waals surface area contributed by atoms with Crippen LogP contribution in [0.2, 0.25) is 0 Å². The van der Waals surface area contributed by atoms with Crippen molar-refractivity contribution in [2.24, 2.45) is 10.7 Å². The average Bonchev–Trinajstić information content (AvgIpc) is 2.91. The standard InChI is InChI=1S/C17H37N5/c1-6-21-11-7-9-16(21)13-20-17(18)19-10-8-12-22(14(2)3)15(4)5/h14-16H,6-13H2,1-5H3,(H3,18,19,20). The number of rotatable bonds is 9. The van der Waals surface area contributed by atoms with E-state index in [0.29, 0.717) is 24.1 Å². The van der Waals surface area contributed by atoms with Gasteiger partial charge in [-0.3, -0.25) is 14.8 Å². The summed E-state index contributed by atoms with van der Waals surface area (Å²) < 4.78 is 0. The van der Waals surface area contributed by atoms with E-state index in [4.69, 9.17) is 5.73 Å². The third-order valence-electron chi connectivity index (χ3n) is 4.60. The maximum absolute atomic E-state index is 5.98. The molecule has 1 heterocycles. The van der Waals surface area contributed by atoms with Gasteiger partial charge < -0.3 is 11.1 Å². The number of nitrogens with one attached hydrogen (secondary N) is 1. The summed E-state index contributed by atoms with van der Waals surface area (Å²) in [5.41, 5.74) is 5.98. The Morgan fingerprint density at radius 3 is 2.59 bits per heavy atom. The largest absolute Gasteiger partial charge is 0.370 e. The third-order valence-corrected chi connectivity index (χ3v) is 4.60. The van der Waals surface area contributed by atoms with Gasteiger partial charge in [0.25, 0.3) is 0 Å². The minimum absolute atomic E-state index is 0.586. The quantitative estimate of drug-likeness (QED) is 0.388. The summed E-state index contributed by atoms with van der Waals surface area (Å²) in [6.45, 7) is 16.4. The molecule has 0 amide bonds. The number of nitrogens with zero attached hydrogens (tertiary/aromatic N) is 3. The lowest BCUT2D eigenvalue weighted by atomic mass is 10.2. The second-order valence-corrected chi connectivity index (χ2v) is 6.86. The average molecular weight is 312 g/mol. The van der Waals surface area contributed by atoms with E-state index < -0.39 is 0 Å². The minimum Gasteiger partial charge on any atom is -0.370 e. The summed E-state index contributed by atoms with van der Waals surface area (Å²) in [4.78, 5) is 9.53. The number of likely N-dealkylation sites (tertiary alicyclic amines) is 1. The Morgan fingerprint density at radius 2 is 2.00 bits per heavy atom. The monoisotopic (exact) mass is 311 g/mol. The van der Waals surface area contributed by atoms with Crippen molar-refractivity contribution < 1.29 is 0 Å². The summed E-state index contributed by atoms with van der Waals surface area (Å²) >= 11 is 0. The van der Waals surface area contributed by atoms with E-state index in [1.165, 1.54) is 19.4 Å². The second kappa shape index (κ2) is 10.1. The number of aliphatic imine (C=N–C) groups is 1. The van der Waals surface area contributed by atoms with Crippen molar-refractivity contribution in [3.63, 3.8) is 0 Å². The fourth-order valence-corrected chi connectivity index (χ4v) is 3.37. The third kappa shape index (κ3) is 6.53. The zero-order valence-corrected chi connectivity index (χ0v) is 15.3. The van der Waals surface area contributed by atoms with Crippen molar-refractivity contribution in [2.75, 3.05) is 32.7 Å². The molecule has 5 nitrogen and oxygen atoms in total. The number of hydrogen-bond acceptors (Lipinski definition) is 3. The molecule has 0 spiro atoms. The summed E-state index contributed by atoms with van der Waals surface area (Å²) in [5, 5.41) is 3.26. The SMILES string of the molecule is CCN1CCCC1CN=C(N)NCCCN(C(C)C)C(C)C. The van der Waals surface area contributed by atoms with E-state index in [2.05, 4.69) is 54.7 Å². The lowest BCUT2D eigenvalue weighted by molar-refractivity contribution is 0.173. The second-order valence-electron chi connectivity index (χ2n) is 6.86. The van der Waals surface area contributed by atoms with Gasteiger partial charge in [-0.25, -0.2) is 0 Å². The van der Waals surface area contributed by atoms with Crippen LogP contribution in [-0.2, 0) is 0 Å². The van der Waals surface area contributed by atoms with Crippen LogP contribution in [0, 0.1) is 0 Å². The van der Waals surface area contributed by atoms with Crippen molar-refractivity contribution >= 4 is 5.96 Å². The molecule has 1 fully saturated rings. The van der Waals surface area contributed by atoms with Crippen LogP contribution in [0.4, 0.5) is 0 Å². The first-order valence-electron chi connectivity index (χ1n) is 8.99. The molecule has 0 aromatic heterocycles. The Balaban J connectivity index is 2.22. The Labute approximate surface area is 137 Å². The van der Waals surface area contributed by atoms with Crippen molar-refractivity contribution in [3.8, 4) is 0 Å². The van der Waals surface area contributed by atoms with Crippen molar-refractivity contribution in [1.29, 1.82) is 0 Å². The minimum atomic E-state index is 0.586. The zero-order chi connectivity index (χ0) is 16.5. The lowest BCUT2D eigenvalue weighted by Crippen LogP contribution is -2.40. The van der Waals surface area contributed by atoms with Gasteiger partial charge in [0.1, 0.15) is 0 Å². The summed E-state index contributed by atoms with van der Waals surface area (Å²) in [7, 11) is 0. The van der Waals surface area contributed by atoms with Crippen molar-refractivity contribution in [1.82, 2.24) is 15.1 Å². The van der Waals surface area contributed by atoms with Crippen LogP contribution in [0.1, 0.15) is 53.9 Å². The van der Waals surface area contributed by atoms with Gasteiger partial charge in [0, 0.05) is 31.2 Å². The number of guanidine groups is 1. The molecule has 3 N–H and O–H groups in total. The Bertz CT molecular complexity index is 319. The molecule has 1 aliphatic heterocycles. The molecule has 1 unspecified atom stereocenters.